The highest BCUT2D eigenvalue weighted by atomic mass is 16.3. The predicted molar refractivity (Wildman–Crippen MR) is 104 cm³/mol. The summed E-state index contributed by atoms with van der Waals surface area (Å²) >= 11 is 0. The lowest BCUT2D eigenvalue weighted by Gasteiger charge is -2.44. The van der Waals surface area contributed by atoms with Gasteiger partial charge in [0.25, 0.3) is 0 Å². The first-order valence-electron chi connectivity index (χ1n) is 9.87. The number of carbonyl (C=O) groups excluding carboxylic acids is 2. The van der Waals surface area contributed by atoms with Gasteiger partial charge in [-0.3, -0.25) is 9.59 Å². The van der Waals surface area contributed by atoms with Crippen LogP contribution in [0.1, 0.15) is 51.0 Å². The molecule has 0 radical (unpaired) electrons. The van der Waals surface area contributed by atoms with Crippen LogP contribution in [0.25, 0.3) is 0 Å². The van der Waals surface area contributed by atoms with Crippen molar-refractivity contribution in [3.05, 3.63) is 17.8 Å². The normalized spacial score (nSPS) is 28.6. The number of aliphatic hydroxyl groups excluding tert-OH is 1. The second kappa shape index (κ2) is 8.25. The van der Waals surface area contributed by atoms with Gasteiger partial charge in [0.1, 0.15) is 5.82 Å². The minimum Gasteiger partial charge on any atom is -0.393 e. The molecule has 1 aromatic rings. The summed E-state index contributed by atoms with van der Waals surface area (Å²) in [7, 11) is 0. The Balaban J connectivity index is 1.70. The highest BCUT2D eigenvalue weighted by molar-refractivity contribution is 6.39. The van der Waals surface area contributed by atoms with Gasteiger partial charge in [0.05, 0.1) is 18.0 Å². The Morgan fingerprint density at radius 1 is 1.22 bits per heavy atom. The van der Waals surface area contributed by atoms with Crippen molar-refractivity contribution < 1.29 is 14.7 Å². The lowest BCUT2D eigenvalue weighted by molar-refractivity contribution is -0.148. The number of nitrogens with one attached hydrogen (secondary N) is 1. The van der Waals surface area contributed by atoms with E-state index >= 15 is 0 Å². The first kappa shape index (κ1) is 19.6. The van der Waals surface area contributed by atoms with E-state index in [4.69, 9.17) is 5.73 Å². The molecule has 7 heteroatoms. The number of aromatic nitrogens is 1. The number of carbonyl (C=O) groups is 2. The number of likely N-dealkylation sites (tertiary alicyclic amines) is 1. The Morgan fingerprint density at radius 2 is 1.93 bits per heavy atom. The van der Waals surface area contributed by atoms with Crippen LogP contribution in [-0.2, 0) is 9.59 Å². The summed E-state index contributed by atoms with van der Waals surface area (Å²) in [6.07, 6.45) is 6.60. The molecule has 3 rings (SSSR count). The number of hydrogen-bond acceptors (Lipinski definition) is 5. The van der Waals surface area contributed by atoms with Crippen molar-refractivity contribution in [2.75, 3.05) is 17.6 Å². The first-order chi connectivity index (χ1) is 12.8. The van der Waals surface area contributed by atoms with E-state index in [-0.39, 0.29) is 12.1 Å². The molecule has 1 saturated heterocycles. The van der Waals surface area contributed by atoms with Crippen LogP contribution in [0.2, 0.25) is 0 Å². The summed E-state index contributed by atoms with van der Waals surface area (Å²) in [5.41, 5.74) is 6.93. The molecule has 0 bridgehead atoms. The molecule has 1 aliphatic carbocycles. The van der Waals surface area contributed by atoms with E-state index in [2.05, 4.69) is 17.2 Å². The quantitative estimate of drug-likeness (QED) is 0.687. The van der Waals surface area contributed by atoms with E-state index in [0.717, 1.165) is 44.1 Å². The fraction of sp³-hybridized carbons (Fsp3) is 0.650. The van der Waals surface area contributed by atoms with Gasteiger partial charge in [0.2, 0.25) is 0 Å². The first-order valence-corrected chi connectivity index (χ1v) is 9.87. The molecule has 2 aliphatic rings. The summed E-state index contributed by atoms with van der Waals surface area (Å²) in [4.78, 5) is 31.3. The molecule has 7 nitrogen and oxygen atoms in total. The number of nitrogen functional groups attached to an aromatic ring is 1. The third kappa shape index (κ3) is 4.58. The molecule has 0 spiro atoms. The van der Waals surface area contributed by atoms with Gasteiger partial charge in [-0.05, 0) is 68.9 Å². The van der Waals surface area contributed by atoms with Gasteiger partial charge >= 0.3 is 11.8 Å². The molecule has 1 aromatic heterocycles. The summed E-state index contributed by atoms with van der Waals surface area (Å²) < 4.78 is 0. The number of amides is 2. The molecule has 2 atom stereocenters. The number of nitrogens with two attached hydrogens (primary N) is 1. The van der Waals surface area contributed by atoms with Crippen LogP contribution in [0.3, 0.4) is 0 Å². The lowest BCUT2D eigenvalue weighted by atomic mass is 9.77. The Kier molecular flexibility index (Phi) is 5.99. The van der Waals surface area contributed by atoms with Crippen LogP contribution in [0.15, 0.2) is 12.3 Å². The molecule has 0 aromatic carbocycles. The van der Waals surface area contributed by atoms with Crippen molar-refractivity contribution in [1.82, 2.24) is 9.88 Å². The maximum atomic E-state index is 12.9. The van der Waals surface area contributed by atoms with Crippen LogP contribution in [0.5, 0.6) is 0 Å². The largest absolute Gasteiger partial charge is 0.393 e. The van der Waals surface area contributed by atoms with Crippen molar-refractivity contribution in [3.63, 3.8) is 0 Å². The third-order valence-corrected chi connectivity index (χ3v) is 5.98. The summed E-state index contributed by atoms with van der Waals surface area (Å²) in [5.74, 6) is 0.0393. The van der Waals surface area contributed by atoms with E-state index in [0.29, 0.717) is 29.9 Å². The number of aliphatic hydroxyl groups is 1. The van der Waals surface area contributed by atoms with E-state index in [9.17, 15) is 14.7 Å². The zero-order chi connectivity index (χ0) is 19.6. The fourth-order valence-electron chi connectivity index (χ4n) is 4.35. The Hall–Kier alpha value is -2.15. The van der Waals surface area contributed by atoms with Crippen LogP contribution < -0.4 is 11.1 Å². The number of nitrogens with zero attached hydrogens (tertiary/aromatic N) is 2. The molecule has 4 N–H and O–H groups in total. The average molecular weight is 374 g/mol. The number of piperidine rings is 1. The highest BCUT2D eigenvalue weighted by Crippen LogP contribution is 2.35. The van der Waals surface area contributed by atoms with Crippen LogP contribution in [0, 0.1) is 18.8 Å². The molecule has 148 valence electrons. The Morgan fingerprint density at radius 3 is 2.59 bits per heavy atom. The van der Waals surface area contributed by atoms with Gasteiger partial charge in [0, 0.05) is 12.6 Å². The Labute approximate surface area is 160 Å². The second-order valence-electron chi connectivity index (χ2n) is 8.16. The average Bonchev–Trinajstić information content (AvgIpc) is 2.65. The number of pyridine rings is 1. The molecule has 0 unspecified atom stereocenters. The highest BCUT2D eigenvalue weighted by Gasteiger charge is 2.38. The summed E-state index contributed by atoms with van der Waals surface area (Å²) in [6, 6.07) is 1.80. The van der Waals surface area contributed by atoms with Gasteiger partial charge in [-0.2, -0.15) is 0 Å². The zero-order valence-corrected chi connectivity index (χ0v) is 16.1. The van der Waals surface area contributed by atoms with E-state index in [1.54, 1.807) is 17.9 Å². The van der Waals surface area contributed by atoms with Crippen molar-refractivity contribution >= 4 is 23.3 Å². The molecule has 2 amide bonds. The fourth-order valence-corrected chi connectivity index (χ4v) is 4.35. The standard InChI is InChI=1S/C20H30N4O3/c1-12-3-8-17(14-4-6-16(25)7-5-14)24(11-12)20(27)19(26)23-15-9-13(2)18(21)22-10-15/h9-10,12,14,16-17,25H,3-8,11H2,1-2H3,(H2,21,22)(H,23,26)/t12-,14-,16-,17-/m0/s1. The van der Waals surface area contributed by atoms with Gasteiger partial charge in [-0.25, -0.2) is 4.98 Å². The van der Waals surface area contributed by atoms with Gasteiger partial charge in [-0.15, -0.1) is 0 Å². The van der Waals surface area contributed by atoms with Crippen LogP contribution in [-0.4, -0.2) is 45.5 Å². The molecule has 1 saturated carbocycles. The zero-order valence-electron chi connectivity index (χ0n) is 16.1. The van der Waals surface area contributed by atoms with E-state index in [1.165, 1.54) is 6.20 Å². The molecular formula is C20H30N4O3. The maximum absolute atomic E-state index is 12.9. The van der Waals surface area contributed by atoms with Crippen molar-refractivity contribution in [2.24, 2.45) is 11.8 Å². The van der Waals surface area contributed by atoms with Crippen molar-refractivity contribution in [2.45, 2.75) is 64.5 Å². The third-order valence-electron chi connectivity index (χ3n) is 5.98. The van der Waals surface area contributed by atoms with Crippen molar-refractivity contribution in [1.29, 1.82) is 0 Å². The predicted octanol–water partition coefficient (Wildman–Crippen LogP) is 2.09. The molecule has 2 heterocycles. The van der Waals surface area contributed by atoms with Crippen LogP contribution >= 0.6 is 0 Å². The monoisotopic (exact) mass is 374 g/mol. The van der Waals surface area contributed by atoms with Crippen LogP contribution in [0.4, 0.5) is 11.5 Å². The lowest BCUT2D eigenvalue weighted by Crippen LogP contribution is -2.53. The molecule has 27 heavy (non-hydrogen) atoms. The Bertz CT molecular complexity index is 700. The summed E-state index contributed by atoms with van der Waals surface area (Å²) in [5, 5.41) is 12.4. The van der Waals surface area contributed by atoms with Gasteiger partial charge in [0.15, 0.2) is 0 Å². The van der Waals surface area contributed by atoms with Gasteiger partial charge in [-0.1, -0.05) is 6.92 Å². The second-order valence-corrected chi connectivity index (χ2v) is 8.16. The van der Waals surface area contributed by atoms with E-state index in [1.807, 2.05) is 0 Å². The molecular weight excluding hydrogens is 344 g/mol. The SMILES string of the molecule is Cc1cc(NC(=O)C(=O)N2C[C@@H](C)CC[C@H]2[C@H]2CC[C@H](O)CC2)cnc1N. The topological polar surface area (TPSA) is 109 Å². The molecule has 2 fully saturated rings. The smallest absolute Gasteiger partial charge is 0.313 e. The number of aryl methyl sites for hydroxylation is 1. The van der Waals surface area contributed by atoms with Crippen molar-refractivity contribution in [3.8, 4) is 0 Å². The minimum atomic E-state index is -0.629. The van der Waals surface area contributed by atoms with E-state index < -0.39 is 11.8 Å². The maximum Gasteiger partial charge on any atom is 0.313 e. The number of anilines is 2. The summed E-state index contributed by atoms with van der Waals surface area (Å²) in [6.45, 7) is 4.53. The number of rotatable bonds is 2. The molecule has 1 aliphatic heterocycles. The number of hydrogen-bond donors (Lipinski definition) is 3. The minimum absolute atomic E-state index is 0.0817. The van der Waals surface area contributed by atoms with Gasteiger partial charge < -0.3 is 21.1 Å².